The van der Waals surface area contributed by atoms with E-state index in [2.05, 4.69) is 15.6 Å². The lowest BCUT2D eigenvalue weighted by molar-refractivity contribution is 0.0941. The molecule has 1 aliphatic rings. The first-order valence-corrected chi connectivity index (χ1v) is 9.52. The van der Waals surface area contributed by atoms with Crippen LogP contribution in [0.5, 0.6) is 0 Å². The number of nitrogens with one attached hydrogen (secondary N) is 2. The molecule has 25 heavy (non-hydrogen) atoms. The van der Waals surface area contributed by atoms with Gasteiger partial charge in [-0.2, -0.15) is 5.26 Å². The fourth-order valence-corrected chi connectivity index (χ4v) is 4.23. The van der Waals surface area contributed by atoms with E-state index in [0.29, 0.717) is 23.4 Å². The molecule has 7 nitrogen and oxygen atoms in total. The molecular weight excluding hydrogens is 340 g/mol. The fourth-order valence-electron chi connectivity index (χ4n) is 2.56. The molecule has 1 aliphatic heterocycles. The van der Waals surface area contributed by atoms with Gasteiger partial charge in [0, 0.05) is 17.9 Å². The Balaban J connectivity index is 1.61. The summed E-state index contributed by atoms with van der Waals surface area (Å²) in [6.07, 6.45) is 1.88. The monoisotopic (exact) mass is 356 g/mol. The van der Waals surface area contributed by atoms with Crippen molar-refractivity contribution in [2.45, 2.75) is 12.5 Å². The van der Waals surface area contributed by atoms with Crippen LogP contribution in [-0.4, -0.2) is 36.9 Å². The van der Waals surface area contributed by atoms with Gasteiger partial charge in [-0.1, -0.05) is 0 Å². The first-order valence-electron chi connectivity index (χ1n) is 7.70. The van der Waals surface area contributed by atoms with Gasteiger partial charge >= 0.3 is 0 Å². The normalized spacial score (nSPS) is 18.3. The SMILES string of the molecule is N#Cc1ccc(Nc2ccc(C(=O)NC3CCS(=O)(=O)C3)cn2)cc1. The zero-order chi connectivity index (χ0) is 17.9. The number of anilines is 2. The Morgan fingerprint density at radius 3 is 2.52 bits per heavy atom. The van der Waals surface area contributed by atoms with Crippen molar-refractivity contribution in [2.75, 3.05) is 16.8 Å². The van der Waals surface area contributed by atoms with Crippen molar-refractivity contribution in [1.82, 2.24) is 10.3 Å². The molecule has 0 aliphatic carbocycles. The molecule has 1 unspecified atom stereocenters. The molecule has 1 aromatic heterocycles. The number of aromatic nitrogens is 1. The Morgan fingerprint density at radius 2 is 1.96 bits per heavy atom. The average molecular weight is 356 g/mol. The van der Waals surface area contributed by atoms with Gasteiger partial charge in [0.15, 0.2) is 9.84 Å². The van der Waals surface area contributed by atoms with E-state index in [4.69, 9.17) is 5.26 Å². The smallest absolute Gasteiger partial charge is 0.253 e. The summed E-state index contributed by atoms with van der Waals surface area (Å²) in [7, 11) is -3.03. The highest BCUT2D eigenvalue weighted by molar-refractivity contribution is 7.91. The van der Waals surface area contributed by atoms with Gasteiger partial charge < -0.3 is 10.6 Å². The van der Waals surface area contributed by atoms with Gasteiger partial charge in [0.25, 0.3) is 5.91 Å². The highest BCUT2D eigenvalue weighted by Gasteiger charge is 2.29. The minimum absolute atomic E-state index is 0.00942. The summed E-state index contributed by atoms with van der Waals surface area (Å²) in [5, 5.41) is 14.6. The van der Waals surface area contributed by atoms with E-state index in [1.807, 2.05) is 6.07 Å². The van der Waals surface area contributed by atoms with Crippen molar-refractivity contribution in [3.8, 4) is 6.07 Å². The number of amides is 1. The van der Waals surface area contributed by atoms with Crippen LogP contribution >= 0.6 is 0 Å². The van der Waals surface area contributed by atoms with Crippen molar-refractivity contribution in [2.24, 2.45) is 0 Å². The third kappa shape index (κ3) is 4.33. The molecule has 0 saturated carbocycles. The summed E-state index contributed by atoms with van der Waals surface area (Å²) in [5.41, 5.74) is 1.72. The van der Waals surface area contributed by atoms with Gasteiger partial charge in [-0.25, -0.2) is 13.4 Å². The van der Waals surface area contributed by atoms with E-state index >= 15 is 0 Å². The summed E-state index contributed by atoms with van der Waals surface area (Å²) < 4.78 is 22.9. The molecule has 2 heterocycles. The average Bonchev–Trinajstić information content (AvgIpc) is 2.94. The maximum Gasteiger partial charge on any atom is 0.253 e. The second kappa shape index (κ2) is 6.91. The molecule has 1 fully saturated rings. The Bertz CT molecular complexity index is 916. The van der Waals surface area contributed by atoms with Crippen LogP contribution in [0.2, 0.25) is 0 Å². The van der Waals surface area contributed by atoms with Crippen molar-refractivity contribution in [1.29, 1.82) is 5.26 Å². The molecule has 0 bridgehead atoms. The highest BCUT2D eigenvalue weighted by atomic mass is 32.2. The Morgan fingerprint density at radius 1 is 1.20 bits per heavy atom. The number of rotatable bonds is 4. The maximum atomic E-state index is 12.2. The van der Waals surface area contributed by atoms with E-state index in [1.165, 1.54) is 6.20 Å². The van der Waals surface area contributed by atoms with Gasteiger partial charge in [-0.05, 0) is 42.8 Å². The molecule has 1 amide bonds. The molecule has 1 aromatic carbocycles. The minimum atomic E-state index is -3.03. The number of carbonyl (C=O) groups excluding carboxylic acids is 1. The summed E-state index contributed by atoms with van der Waals surface area (Å²) in [4.78, 5) is 16.3. The summed E-state index contributed by atoms with van der Waals surface area (Å²) in [6.45, 7) is 0. The van der Waals surface area contributed by atoms with Crippen LogP contribution in [0.1, 0.15) is 22.3 Å². The molecule has 1 saturated heterocycles. The number of nitrogens with zero attached hydrogens (tertiary/aromatic N) is 2. The van der Waals surface area contributed by atoms with Crippen LogP contribution < -0.4 is 10.6 Å². The number of carbonyl (C=O) groups is 1. The lowest BCUT2D eigenvalue weighted by Gasteiger charge is -2.11. The van der Waals surface area contributed by atoms with Crippen molar-refractivity contribution in [3.63, 3.8) is 0 Å². The van der Waals surface area contributed by atoms with Gasteiger partial charge in [0.2, 0.25) is 0 Å². The molecule has 3 rings (SSSR count). The largest absolute Gasteiger partial charge is 0.348 e. The predicted octanol–water partition coefficient (Wildman–Crippen LogP) is 1.61. The zero-order valence-electron chi connectivity index (χ0n) is 13.3. The number of sulfone groups is 1. The molecular formula is C17H16N4O3S. The second-order valence-electron chi connectivity index (χ2n) is 5.82. The van der Waals surface area contributed by atoms with Crippen LogP contribution in [0.25, 0.3) is 0 Å². The highest BCUT2D eigenvalue weighted by Crippen LogP contribution is 2.16. The molecule has 2 N–H and O–H groups in total. The lowest BCUT2D eigenvalue weighted by Crippen LogP contribution is -2.35. The van der Waals surface area contributed by atoms with E-state index in [9.17, 15) is 13.2 Å². The standard InChI is InChI=1S/C17H16N4O3S/c18-9-12-1-4-14(5-2-12)20-16-6-3-13(10-19-16)17(22)21-15-7-8-25(23,24)11-15/h1-6,10,15H,7-8,11H2,(H,19,20)(H,21,22). The van der Waals surface area contributed by atoms with E-state index in [0.717, 1.165) is 5.69 Å². The molecule has 0 radical (unpaired) electrons. The van der Waals surface area contributed by atoms with E-state index in [-0.39, 0.29) is 23.5 Å². The summed E-state index contributed by atoms with van der Waals surface area (Å²) in [6, 6.07) is 11.9. The quantitative estimate of drug-likeness (QED) is 0.861. The van der Waals surface area contributed by atoms with E-state index in [1.54, 1.807) is 36.4 Å². The van der Waals surface area contributed by atoms with Gasteiger partial charge in [-0.3, -0.25) is 4.79 Å². The Kier molecular flexibility index (Phi) is 4.67. The number of pyridine rings is 1. The van der Waals surface area contributed by atoms with Crippen LogP contribution in [0, 0.1) is 11.3 Å². The topological polar surface area (TPSA) is 112 Å². The van der Waals surface area contributed by atoms with Gasteiger partial charge in [0.05, 0.1) is 28.7 Å². The minimum Gasteiger partial charge on any atom is -0.348 e. The Hall–Kier alpha value is -2.92. The Labute approximate surface area is 145 Å². The van der Waals surface area contributed by atoms with Crippen molar-refractivity contribution < 1.29 is 13.2 Å². The number of hydrogen-bond acceptors (Lipinski definition) is 6. The third-order valence-electron chi connectivity index (χ3n) is 3.88. The van der Waals surface area contributed by atoms with Gasteiger partial charge in [-0.15, -0.1) is 0 Å². The molecule has 8 heteroatoms. The van der Waals surface area contributed by atoms with Crippen LogP contribution in [0.3, 0.4) is 0 Å². The number of nitriles is 1. The molecule has 0 spiro atoms. The first-order chi connectivity index (χ1) is 11.9. The number of benzene rings is 1. The van der Waals surface area contributed by atoms with Gasteiger partial charge in [0.1, 0.15) is 5.82 Å². The zero-order valence-corrected chi connectivity index (χ0v) is 14.1. The first kappa shape index (κ1) is 16.9. The van der Waals surface area contributed by atoms with Crippen LogP contribution in [0.15, 0.2) is 42.6 Å². The molecule has 1 atom stereocenters. The summed E-state index contributed by atoms with van der Waals surface area (Å²) >= 11 is 0. The van der Waals surface area contributed by atoms with Crippen LogP contribution in [-0.2, 0) is 9.84 Å². The fraction of sp³-hybridized carbons (Fsp3) is 0.235. The number of hydrogen-bond donors (Lipinski definition) is 2. The van der Waals surface area contributed by atoms with E-state index < -0.39 is 9.84 Å². The van der Waals surface area contributed by atoms with Crippen molar-refractivity contribution in [3.05, 3.63) is 53.7 Å². The third-order valence-corrected chi connectivity index (χ3v) is 5.65. The second-order valence-corrected chi connectivity index (χ2v) is 8.05. The lowest BCUT2D eigenvalue weighted by atomic mass is 10.2. The predicted molar refractivity (Wildman–Crippen MR) is 93.2 cm³/mol. The van der Waals surface area contributed by atoms with Crippen molar-refractivity contribution >= 4 is 27.2 Å². The maximum absolute atomic E-state index is 12.2. The summed E-state index contributed by atoms with van der Waals surface area (Å²) in [5.74, 6) is 0.331. The van der Waals surface area contributed by atoms with Crippen LogP contribution in [0.4, 0.5) is 11.5 Å². The molecule has 128 valence electrons. The molecule has 2 aromatic rings.